The number of amides is 1. The number of anilines is 1. The summed E-state index contributed by atoms with van der Waals surface area (Å²) in [7, 11) is 0.812. The van der Waals surface area contributed by atoms with Crippen molar-refractivity contribution in [1.29, 1.82) is 0 Å². The first-order valence-corrected chi connectivity index (χ1v) is 16.4. The lowest BCUT2D eigenvalue weighted by Crippen LogP contribution is -2.29. The fraction of sp³-hybridized carbons (Fsp3) is 0.455. The first kappa shape index (κ1) is 31.3. The maximum Gasteiger partial charge on any atom is 0.305 e. The first-order chi connectivity index (χ1) is 20.2. The summed E-state index contributed by atoms with van der Waals surface area (Å²) < 4.78 is 23.3. The molecule has 0 radical (unpaired) electrons. The smallest absolute Gasteiger partial charge is 0.305 e. The van der Waals surface area contributed by atoms with E-state index >= 15 is 0 Å². The van der Waals surface area contributed by atoms with Crippen molar-refractivity contribution in [2.24, 2.45) is 5.92 Å². The van der Waals surface area contributed by atoms with E-state index in [4.69, 9.17) is 14.3 Å². The Bertz CT molecular complexity index is 1350. The van der Waals surface area contributed by atoms with Gasteiger partial charge in [0.05, 0.1) is 19.1 Å². The number of nitrogens with one attached hydrogen (secondary N) is 1. The third-order valence-corrected chi connectivity index (χ3v) is 8.72. The molecule has 226 valence electrons. The molecular formula is C33H42N2O6S. The fourth-order valence-electron chi connectivity index (χ4n) is 5.51. The second kappa shape index (κ2) is 15.0. The lowest BCUT2D eigenvalue weighted by atomic mass is 9.81. The number of benzene rings is 2. The molecule has 8 nitrogen and oxygen atoms in total. The molecule has 1 heterocycles. The Kier molecular flexibility index (Phi) is 11.2. The molecule has 2 unspecified atom stereocenters. The predicted octanol–water partition coefficient (Wildman–Crippen LogP) is 6.68. The predicted molar refractivity (Wildman–Crippen MR) is 167 cm³/mol. The summed E-state index contributed by atoms with van der Waals surface area (Å²) in [5, 5.41) is 12.7. The molecule has 4 rings (SSSR count). The van der Waals surface area contributed by atoms with Crippen LogP contribution in [0.4, 0.5) is 5.69 Å². The molecule has 2 N–H and O–H groups in total. The first-order valence-electron chi connectivity index (χ1n) is 14.7. The van der Waals surface area contributed by atoms with Gasteiger partial charge in [0, 0.05) is 58.8 Å². The zero-order valence-corrected chi connectivity index (χ0v) is 25.6. The van der Waals surface area contributed by atoms with Crippen LogP contribution in [0.5, 0.6) is 5.75 Å². The van der Waals surface area contributed by atoms with Crippen LogP contribution in [0, 0.1) is 12.8 Å². The Balaban J connectivity index is 1.48. The maximum atomic E-state index is 12.7. The highest BCUT2D eigenvalue weighted by molar-refractivity contribution is 7.84. The number of hydrogen-bond donors (Lipinski definition) is 2. The molecule has 3 aromatic rings. The number of aliphatic carboxylic acids is 1. The number of hydrogen-bond acceptors (Lipinski definition) is 6. The SMILES string of the molecule is Cc1oc(-c2ccc(OCCCS(C)=O)cc2)cc1C(Nc1ccc(C(=O)N(C)CCC(=O)O)cc1)C1CCCCC1. The van der Waals surface area contributed by atoms with Gasteiger partial charge < -0.3 is 24.5 Å². The molecule has 1 aliphatic carbocycles. The number of carboxylic acids is 1. The van der Waals surface area contributed by atoms with E-state index in [9.17, 15) is 13.8 Å². The van der Waals surface area contributed by atoms with E-state index in [1.54, 1.807) is 25.4 Å². The largest absolute Gasteiger partial charge is 0.494 e. The van der Waals surface area contributed by atoms with Gasteiger partial charge in [-0.1, -0.05) is 19.3 Å². The minimum Gasteiger partial charge on any atom is -0.494 e. The summed E-state index contributed by atoms with van der Waals surface area (Å²) in [6.45, 7) is 2.71. The van der Waals surface area contributed by atoms with Crippen LogP contribution in [0.15, 0.2) is 59.0 Å². The molecule has 0 spiro atoms. The van der Waals surface area contributed by atoms with Gasteiger partial charge in [0.15, 0.2) is 0 Å². The van der Waals surface area contributed by atoms with Crippen molar-refractivity contribution in [2.75, 3.05) is 37.5 Å². The summed E-state index contributed by atoms with van der Waals surface area (Å²) >= 11 is 0. The Hall–Kier alpha value is -3.59. The van der Waals surface area contributed by atoms with Crippen LogP contribution in [0.1, 0.15) is 72.7 Å². The van der Waals surface area contributed by atoms with Gasteiger partial charge in [-0.05, 0) is 86.7 Å². The van der Waals surface area contributed by atoms with E-state index in [2.05, 4.69) is 11.4 Å². The van der Waals surface area contributed by atoms with Gasteiger partial charge in [-0.3, -0.25) is 13.8 Å². The highest BCUT2D eigenvalue weighted by Crippen LogP contribution is 2.40. The van der Waals surface area contributed by atoms with E-state index in [0.717, 1.165) is 53.3 Å². The second-order valence-corrected chi connectivity index (χ2v) is 12.6. The summed E-state index contributed by atoms with van der Waals surface area (Å²) in [6.07, 6.45) is 8.32. The summed E-state index contributed by atoms with van der Waals surface area (Å²) in [4.78, 5) is 25.0. The summed E-state index contributed by atoms with van der Waals surface area (Å²) in [6, 6.07) is 17.5. The van der Waals surface area contributed by atoms with Crippen LogP contribution >= 0.6 is 0 Å². The van der Waals surface area contributed by atoms with E-state index in [1.807, 2.05) is 43.3 Å². The van der Waals surface area contributed by atoms with Crippen LogP contribution < -0.4 is 10.1 Å². The lowest BCUT2D eigenvalue weighted by molar-refractivity contribution is -0.137. The van der Waals surface area contributed by atoms with Gasteiger partial charge in [0.25, 0.3) is 5.91 Å². The average Bonchev–Trinajstić information content (AvgIpc) is 3.38. The quantitative estimate of drug-likeness (QED) is 0.200. The molecular weight excluding hydrogens is 552 g/mol. The molecule has 1 fully saturated rings. The van der Waals surface area contributed by atoms with E-state index in [-0.39, 0.29) is 24.9 Å². The third kappa shape index (κ3) is 8.71. The molecule has 0 aliphatic heterocycles. The number of carboxylic acid groups (broad SMARTS) is 1. The number of ether oxygens (including phenoxy) is 1. The Morgan fingerprint density at radius 3 is 2.43 bits per heavy atom. The molecule has 1 amide bonds. The fourth-order valence-corrected chi connectivity index (χ4v) is 6.03. The maximum absolute atomic E-state index is 12.7. The van der Waals surface area contributed by atoms with Crippen LogP contribution in [0.2, 0.25) is 0 Å². The number of aryl methyl sites for hydroxylation is 1. The Labute approximate surface area is 250 Å². The summed E-state index contributed by atoms with van der Waals surface area (Å²) in [5.41, 5.74) is 3.56. The van der Waals surface area contributed by atoms with Gasteiger partial charge >= 0.3 is 5.97 Å². The van der Waals surface area contributed by atoms with Gasteiger partial charge in [-0.15, -0.1) is 0 Å². The monoisotopic (exact) mass is 594 g/mol. The molecule has 0 bridgehead atoms. The van der Waals surface area contributed by atoms with E-state index in [1.165, 1.54) is 24.2 Å². The second-order valence-electron chi connectivity index (χ2n) is 11.1. The molecule has 2 atom stereocenters. The molecule has 9 heteroatoms. The van der Waals surface area contributed by atoms with Crippen LogP contribution in [-0.2, 0) is 15.6 Å². The number of furan rings is 1. The highest BCUT2D eigenvalue weighted by Gasteiger charge is 2.28. The normalized spacial score (nSPS) is 15.1. The molecule has 1 aliphatic rings. The van der Waals surface area contributed by atoms with Crippen molar-refractivity contribution >= 4 is 28.4 Å². The lowest BCUT2D eigenvalue weighted by Gasteiger charge is -2.31. The summed E-state index contributed by atoms with van der Waals surface area (Å²) in [5.74, 6) is 2.44. The van der Waals surface area contributed by atoms with Crippen molar-refractivity contribution in [1.82, 2.24) is 4.90 Å². The van der Waals surface area contributed by atoms with Gasteiger partial charge in [-0.2, -0.15) is 0 Å². The van der Waals surface area contributed by atoms with E-state index in [0.29, 0.717) is 23.8 Å². The van der Waals surface area contributed by atoms with Crippen molar-refractivity contribution in [3.63, 3.8) is 0 Å². The minimum absolute atomic E-state index is 0.0642. The minimum atomic E-state index is -0.926. The Morgan fingerprint density at radius 1 is 1.10 bits per heavy atom. The van der Waals surface area contributed by atoms with Gasteiger partial charge in [0.2, 0.25) is 0 Å². The third-order valence-electron chi connectivity index (χ3n) is 7.86. The zero-order chi connectivity index (χ0) is 30.1. The average molecular weight is 595 g/mol. The van der Waals surface area contributed by atoms with Crippen LogP contribution in [-0.4, -0.2) is 58.3 Å². The molecule has 2 aromatic carbocycles. The van der Waals surface area contributed by atoms with Crippen molar-refractivity contribution in [2.45, 2.75) is 57.9 Å². The number of nitrogens with zero attached hydrogens (tertiary/aromatic N) is 1. The van der Waals surface area contributed by atoms with Gasteiger partial charge in [0.1, 0.15) is 17.3 Å². The molecule has 42 heavy (non-hydrogen) atoms. The molecule has 0 saturated heterocycles. The standard InChI is InChI=1S/C33H42N2O6S/c1-23-29(22-30(41-23)24-12-16-28(17-13-24)40-20-7-21-42(3)39)32(25-8-5-4-6-9-25)34-27-14-10-26(11-15-27)33(38)35(2)19-18-31(36)37/h10-17,22,25,32,34H,4-9,18-21H2,1-3H3,(H,36,37). The number of carbonyl (C=O) groups is 2. The van der Waals surface area contributed by atoms with Crippen molar-refractivity contribution in [3.05, 3.63) is 71.5 Å². The Morgan fingerprint density at radius 2 is 1.79 bits per heavy atom. The number of rotatable bonds is 14. The topological polar surface area (TPSA) is 109 Å². The number of carbonyl (C=O) groups excluding carboxylic acids is 1. The van der Waals surface area contributed by atoms with Crippen LogP contribution in [0.25, 0.3) is 11.3 Å². The highest BCUT2D eigenvalue weighted by atomic mass is 32.2. The zero-order valence-electron chi connectivity index (χ0n) is 24.8. The molecule has 1 aromatic heterocycles. The van der Waals surface area contributed by atoms with Crippen molar-refractivity contribution in [3.8, 4) is 17.1 Å². The van der Waals surface area contributed by atoms with E-state index < -0.39 is 16.8 Å². The van der Waals surface area contributed by atoms with Crippen LogP contribution in [0.3, 0.4) is 0 Å². The molecule has 1 saturated carbocycles. The van der Waals surface area contributed by atoms with Gasteiger partial charge in [-0.25, -0.2) is 0 Å². The van der Waals surface area contributed by atoms with Crippen molar-refractivity contribution < 1.29 is 28.1 Å².